The molecule has 0 radical (unpaired) electrons. The molecule has 2 heterocycles. The zero-order chi connectivity index (χ0) is 22.1. The third-order valence-electron chi connectivity index (χ3n) is 4.65. The van der Waals surface area contributed by atoms with Crippen LogP contribution in [-0.4, -0.2) is 27.4 Å². The fourth-order valence-corrected chi connectivity index (χ4v) is 4.59. The van der Waals surface area contributed by atoms with Gasteiger partial charge in [0.25, 0.3) is 11.8 Å². The lowest BCUT2D eigenvalue weighted by Crippen LogP contribution is -2.36. The molecule has 1 aliphatic rings. The number of nitrogen functional groups attached to an aromatic ring is 1. The van der Waals surface area contributed by atoms with Crippen molar-refractivity contribution in [3.05, 3.63) is 75.5 Å². The molecule has 4 N–H and O–H groups in total. The average molecular weight is 567 g/mol. The van der Waals surface area contributed by atoms with E-state index in [0.29, 0.717) is 27.5 Å². The number of nitrogens with two attached hydrogens (primary N) is 1. The van der Waals surface area contributed by atoms with Crippen molar-refractivity contribution in [2.45, 2.75) is 0 Å². The molecule has 158 valence electrons. The third-order valence-corrected chi connectivity index (χ3v) is 6.38. The molecule has 2 amide bonds. The number of carbonyl (C=O) groups excluding carboxylic acids is 2. The van der Waals surface area contributed by atoms with E-state index in [-0.39, 0.29) is 11.3 Å². The van der Waals surface area contributed by atoms with Crippen molar-refractivity contribution in [3.8, 4) is 0 Å². The first kappa shape index (κ1) is 21.7. The van der Waals surface area contributed by atoms with Crippen LogP contribution in [0.4, 0.5) is 11.5 Å². The largest absolute Gasteiger partial charge is 0.319 e. The van der Waals surface area contributed by atoms with Crippen LogP contribution in [-0.2, 0) is 4.79 Å². The maximum absolute atomic E-state index is 13.3. The summed E-state index contributed by atoms with van der Waals surface area (Å²) in [6.45, 7) is 0.407. The minimum Gasteiger partial charge on any atom is -0.319 e. The molecule has 31 heavy (non-hydrogen) atoms. The summed E-state index contributed by atoms with van der Waals surface area (Å²) in [7, 11) is 0. The number of aromatic nitrogens is 1. The molecule has 2 aromatic carbocycles. The van der Waals surface area contributed by atoms with Gasteiger partial charge >= 0.3 is 0 Å². The quantitative estimate of drug-likeness (QED) is 0.190. The molecule has 0 spiro atoms. The summed E-state index contributed by atoms with van der Waals surface area (Å²) >= 11 is 13.2. The minimum atomic E-state index is -0.533. The molecule has 8 nitrogen and oxygen atoms in total. The lowest BCUT2D eigenvalue weighted by atomic mass is 10.0. The van der Waals surface area contributed by atoms with Crippen molar-refractivity contribution in [1.29, 1.82) is 0 Å². The van der Waals surface area contributed by atoms with E-state index in [1.807, 2.05) is 24.3 Å². The maximum Gasteiger partial charge on any atom is 0.273 e. The Hall–Kier alpha value is -2.50. The first-order chi connectivity index (χ1) is 14.9. The Morgan fingerprint density at radius 3 is 2.68 bits per heavy atom. The number of hydrazine groups is 2. The number of nitrogens with zero attached hydrogens (tertiary/aromatic N) is 3. The SMILES string of the molecule is NNC(=O)c1cc2ccccc2c(Br)c1NC(=O)C1=CCN(Br)N1c1ncccc1Cl. The number of carbonyl (C=O) groups is 2. The zero-order valence-corrected chi connectivity index (χ0v) is 19.7. The summed E-state index contributed by atoms with van der Waals surface area (Å²) < 4.78 is 2.19. The number of rotatable bonds is 4. The summed E-state index contributed by atoms with van der Waals surface area (Å²) in [4.78, 5) is 30.0. The van der Waals surface area contributed by atoms with Gasteiger partial charge in [-0.2, -0.15) is 0 Å². The van der Waals surface area contributed by atoms with Gasteiger partial charge in [0.2, 0.25) is 0 Å². The van der Waals surface area contributed by atoms with Crippen LogP contribution in [0.15, 0.2) is 64.9 Å². The summed E-state index contributed by atoms with van der Waals surface area (Å²) in [5, 5.41) is 6.42. The van der Waals surface area contributed by atoms with Crippen molar-refractivity contribution < 1.29 is 9.59 Å². The molecule has 0 saturated heterocycles. The molecule has 0 saturated carbocycles. The number of anilines is 2. The number of benzene rings is 2. The highest BCUT2D eigenvalue weighted by atomic mass is 79.9. The Labute approximate surface area is 199 Å². The fourth-order valence-electron chi connectivity index (χ4n) is 3.25. The molecule has 1 aliphatic heterocycles. The molecule has 4 rings (SSSR count). The molecule has 0 fully saturated rings. The van der Waals surface area contributed by atoms with Crippen LogP contribution >= 0.6 is 43.7 Å². The summed E-state index contributed by atoms with van der Waals surface area (Å²) in [6, 6.07) is 12.5. The fraction of sp³-hybridized carbons (Fsp3) is 0.0500. The summed E-state index contributed by atoms with van der Waals surface area (Å²) in [6.07, 6.45) is 3.30. The van der Waals surface area contributed by atoms with Gasteiger partial charge in [-0.05, 0) is 51.0 Å². The molecule has 1 aromatic heterocycles. The van der Waals surface area contributed by atoms with E-state index >= 15 is 0 Å². The van der Waals surface area contributed by atoms with Gasteiger partial charge < -0.3 is 5.32 Å². The highest BCUT2D eigenvalue weighted by Crippen LogP contribution is 2.37. The predicted octanol–water partition coefficient (Wildman–Crippen LogP) is 4.12. The second-order valence-electron chi connectivity index (χ2n) is 6.49. The number of hydrogen-bond donors (Lipinski definition) is 3. The molecule has 0 unspecified atom stereocenters. The normalized spacial score (nSPS) is 13.9. The predicted molar refractivity (Wildman–Crippen MR) is 127 cm³/mol. The Kier molecular flexibility index (Phi) is 6.26. The van der Waals surface area contributed by atoms with E-state index in [2.05, 4.69) is 47.8 Å². The topological polar surface area (TPSA) is 104 Å². The number of halogens is 3. The van der Waals surface area contributed by atoms with E-state index in [0.717, 1.165) is 10.8 Å². The number of hydrogen-bond acceptors (Lipinski definition) is 6. The van der Waals surface area contributed by atoms with Crippen molar-refractivity contribution in [2.24, 2.45) is 5.84 Å². The van der Waals surface area contributed by atoms with E-state index in [1.165, 1.54) is 0 Å². The van der Waals surface area contributed by atoms with Gasteiger partial charge in [0, 0.05) is 26.8 Å². The van der Waals surface area contributed by atoms with E-state index < -0.39 is 11.8 Å². The molecule has 0 aliphatic carbocycles. The lowest BCUT2D eigenvalue weighted by Gasteiger charge is -2.26. The smallest absolute Gasteiger partial charge is 0.273 e. The van der Waals surface area contributed by atoms with E-state index in [4.69, 9.17) is 17.4 Å². The first-order valence-electron chi connectivity index (χ1n) is 9.00. The Morgan fingerprint density at radius 2 is 1.94 bits per heavy atom. The standard InChI is InChI=1S/C20H15Br2ClN6O2/c21-16-12-5-2-1-4-11(12)10-13(19(30)27-24)17(16)26-20(31)15-7-9-28(22)29(15)18-14(23)6-3-8-25-18/h1-8,10H,9,24H2,(H,26,31)(H,27,30). The summed E-state index contributed by atoms with van der Waals surface area (Å²) in [5.74, 6) is 4.77. The van der Waals surface area contributed by atoms with Gasteiger partial charge in [-0.25, -0.2) is 15.8 Å². The van der Waals surface area contributed by atoms with Crippen molar-refractivity contribution in [3.63, 3.8) is 0 Å². The average Bonchev–Trinajstić information content (AvgIpc) is 3.16. The lowest BCUT2D eigenvalue weighted by molar-refractivity contribution is -0.113. The number of nitrogens with one attached hydrogen (secondary N) is 2. The van der Waals surface area contributed by atoms with Gasteiger partial charge in [0.05, 0.1) is 22.8 Å². The number of amides is 2. The third kappa shape index (κ3) is 4.04. The van der Waals surface area contributed by atoms with Gasteiger partial charge in [-0.1, -0.05) is 35.9 Å². The Bertz CT molecular complexity index is 1240. The highest BCUT2D eigenvalue weighted by Gasteiger charge is 2.32. The monoisotopic (exact) mass is 564 g/mol. The molecular weight excluding hydrogens is 552 g/mol. The Balaban J connectivity index is 1.75. The van der Waals surface area contributed by atoms with Gasteiger partial charge in [-0.15, -0.1) is 4.03 Å². The maximum atomic E-state index is 13.3. The molecule has 3 aromatic rings. The molecular formula is C20H15Br2ClN6O2. The second-order valence-corrected chi connectivity index (χ2v) is 8.51. The molecule has 0 atom stereocenters. The number of pyridine rings is 1. The van der Waals surface area contributed by atoms with Crippen LogP contribution in [0.2, 0.25) is 5.02 Å². The first-order valence-corrected chi connectivity index (χ1v) is 10.9. The Morgan fingerprint density at radius 1 is 1.16 bits per heavy atom. The van der Waals surface area contributed by atoms with Crippen molar-refractivity contribution in [1.82, 2.24) is 14.4 Å². The van der Waals surface area contributed by atoms with Crippen LogP contribution in [0.5, 0.6) is 0 Å². The number of fused-ring (bicyclic) bond motifs is 1. The van der Waals surface area contributed by atoms with Crippen molar-refractivity contribution in [2.75, 3.05) is 16.9 Å². The van der Waals surface area contributed by atoms with Gasteiger partial charge in [0.1, 0.15) is 5.70 Å². The van der Waals surface area contributed by atoms with Crippen LogP contribution < -0.4 is 21.6 Å². The van der Waals surface area contributed by atoms with Gasteiger partial charge in [-0.3, -0.25) is 15.0 Å². The second kappa shape index (κ2) is 8.93. The minimum absolute atomic E-state index is 0.220. The van der Waals surface area contributed by atoms with Crippen molar-refractivity contribution >= 4 is 77.8 Å². The van der Waals surface area contributed by atoms with Crippen LogP contribution in [0.3, 0.4) is 0 Å². The molecule has 0 bridgehead atoms. The van der Waals surface area contributed by atoms with Gasteiger partial charge in [0.15, 0.2) is 5.82 Å². The zero-order valence-electron chi connectivity index (χ0n) is 15.8. The van der Waals surface area contributed by atoms with Crippen LogP contribution in [0.1, 0.15) is 10.4 Å². The van der Waals surface area contributed by atoms with E-state index in [1.54, 1.807) is 39.5 Å². The highest BCUT2D eigenvalue weighted by molar-refractivity contribution is 9.10. The van der Waals surface area contributed by atoms with Crippen LogP contribution in [0, 0.1) is 0 Å². The van der Waals surface area contributed by atoms with E-state index in [9.17, 15) is 9.59 Å². The van der Waals surface area contributed by atoms with Crippen LogP contribution in [0.25, 0.3) is 10.8 Å². The molecule has 11 heteroatoms. The summed E-state index contributed by atoms with van der Waals surface area (Å²) in [5.41, 5.74) is 2.93.